The molecule has 0 unspecified atom stereocenters. The Morgan fingerprint density at radius 2 is 1.62 bits per heavy atom. The molecule has 1 N–H and O–H groups in total. The molecule has 34 heavy (non-hydrogen) atoms. The first-order chi connectivity index (χ1) is 16.2. The fraction of sp³-hybridized carbons (Fsp3) is 0.192. The van der Waals surface area contributed by atoms with Gasteiger partial charge in [0.05, 0.1) is 0 Å². The van der Waals surface area contributed by atoms with E-state index in [9.17, 15) is 22.8 Å². The largest absolute Gasteiger partial charge is 0.442 e. The van der Waals surface area contributed by atoms with Gasteiger partial charge in [0.15, 0.2) is 0 Å². The molecule has 174 valence electrons. The van der Waals surface area contributed by atoms with Crippen molar-refractivity contribution in [2.45, 2.75) is 25.2 Å². The van der Waals surface area contributed by atoms with Crippen molar-refractivity contribution in [3.63, 3.8) is 0 Å². The molecule has 0 aromatic heterocycles. The lowest BCUT2D eigenvalue weighted by atomic mass is 10.1. The summed E-state index contributed by atoms with van der Waals surface area (Å²) in [6.07, 6.45) is -4.84. The fourth-order valence-corrected chi connectivity index (χ4v) is 3.82. The standard InChI is InChI=1S/C26H22F3N3O2/c1-18-9-8-14-21(17-18)23(33)31-25(26(27,28)29)24(34)32(16-15-19-10-4-2-5-11-19)22(30-25)20-12-6-3-7-13-20/h2-14,17H,15-16H2,1H3,(H,31,33)/t25-/m0/s1. The average Bonchev–Trinajstić information content (AvgIpc) is 3.11. The molecular weight excluding hydrogens is 443 g/mol. The molecule has 0 spiro atoms. The number of hydrogen-bond acceptors (Lipinski definition) is 3. The van der Waals surface area contributed by atoms with Crippen LogP contribution in [0.15, 0.2) is 89.9 Å². The molecule has 1 heterocycles. The molecule has 5 nitrogen and oxygen atoms in total. The van der Waals surface area contributed by atoms with E-state index >= 15 is 0 Å². The van der Waals surface area contributed by atoms with E-state index in [2.05, 4.69) is 4.99 Å². The van der Waals surface area contributed by atoms with Gasteiger partial charge in [0.1, 0.15) is 5.84 Å². The van der Waals surface area contributed by atoms with E-state index in [1.54, 1.807) is 49.4 Å². The van der Waals surface area contributed by atoms with Gasteiger partial charge in [-0.3, -0.25) is 14.5 Å². The van der Waals surface area contributed by atoms with Crippen molar-refractivity contribution in [2.75, 3.05) is 6.54 Å². The lowest BCUT2D eigenvalue weighted by Gasteiger charge is -2.29. The number of carbonyl (C=O) groups is 2. The maximum absolute atomic E-state index is 14.5. The van der Waals surface area contributed by atoms with Gasteiger partial charge in [-0.1, -0.05) is 78.4 Å². The number of nitrogens with one attached hydrogen (secondary N) is 1. The van der Waals surface area contributed by atoms with Crippen molar-refractivity contribution in [3.05, 3.63) is 107 Å². The molecule has 1 aliphatic rings. The number of amidine groups is 1. The Balaban J connectivity index is 1.75. The monoisotopic (exact) mass is 465 g/mol. The number of hydrogen-bond donors (Lipinski definition) is 1. The third-order valence-electron chi connectivity index (χ3n) is 5.57. The Morgan fingerprint density at radius 3 is 2.24 bits per heavy atom. The van der Waals surface area contributed by atoms with Gasteiger partial charge >= 0.3 is 11.8 Å². The van der Waals surface area contributed by atoms with E-state index in [4.69, 9.17) is 0 Å². The van der Waals surface area contributed by atoms with Crippen LogP contribution in [-0.2, 0) is 11.2 Å². The summed E-state index contributed by atoms with van der Waals surface area (Å²) in [6.45, 7) is 1.68. The maximum Gasteiger partial charge on any atom is 0.442 e. The minimum Gasteiger partial charge on any atom is -0.312 e. The first-order valence-corrected chi connectivity index (χ1v) is 10.7. The summed E-state index contributed by atoms with van der Waals surface area (Å²) in [6, 6.07) is 23.4. The number of halogens is 3. The minimum atomic E-state index is -5.16. The highest BCUT2D eigenvalue weighted by atomic mass is 19.4. The number of carbonyl (C=O) groups excluding carboxylic acids is 2. The van der Waals surface area contributed by atoms with E-state index in [0.29, 0.717) is 17.5 Å². The number of aryl methyl sites for hydroxylation is 1. The van der Waals surface area contributed by atoms with E-state index in [1.807, 2.05) is 35.6 Å². The van der Waals surface area contributed by atoms with Gasteiger partial charge in [0, 0.05) is 17.7 Å². The lowest BCUT2D eigenvalue weighted by Crippen LogP contribution is -2.63. The molecule has 0 aliphatic carbocycles. The molecule has 0 fully saturated rings. The molecular formula is C26H22F3N3O2. The molecule has 0 bridgehead atoms. The second-order valence-corrected chi connectivity index (χ2v) is 8.03. The van der Waals surface area contributed by atoms with E-state index in [0.717, 1.165) is 10.5 Å². The predicted molar refractivity (Wildman–Crippen MR) is 122 cm³/mol. The average molecular weight is 465 g/mol. The Kier molecular flexibility index (Phi) is 6.24. The van der Waals surface area contributed by atoms with Gasteiger partial charge in [0.25, 0.3) is 11.8 Å². The van der Waals surface area contributed by atoms with Crippen LogP contribution in [0.3, 0.4) is 0 Å². The van der Waals surface area contributed by atoms with Crippen LogP contribution in [-0.4, -0.2) is 40.9 Å². The van der Waals surface area contributed by atoms with Crippen molar-refractivity contribution >= 4 is 17.6 Å². The van der Waals surface area contributed by atoms with Gasteiger partial charge < -0.3 is 5.32 Å². The third kappa shape index (κ3) is 4.44. The van der Waals surface area contributed by atoms with Crippen molar-refractivity contribution in [1.82, 2.24) is 10.2 Å². The number of nitrogens with zero attached hydrogens (tertiary/aromatic N) is 2. The number of benzene rings is 3. The summed E-state index contributed by atoms with van der Waals surface area (Å²) in [5.41, 5.74) is -1.51. The Labute approximate surface area is 194 Å². The van der Waals surface area contributed by atoms with Gasteiger partial charge in [-0.05, 0) is 31.0 Å². The van der Waals surface area contributed by atoms with Crippen LogP contribution >= 0.6 is 0 Å². The highest BCUT2D eigenvalue weighted by Crippen LogP contribution is 2.38. The molecule has 1 aliphatic heterocycles. The van der Waals surface area contributed by atoms with E-state index < -0.39 is 23.7 Å². The SMILES string of the molecule is Cc1cccc(C(=O)N[C@@]2(C(F)(F)F)N=C(c3ccccc3)N(CCc3ccccc3)C2=O)c1. The van der Waals surface area contributed by atoms with Gasteiger partial charge in [0.2, 0.25) is 0 Å². The summed E-state index contributed by atoms with van der Waals surface area (Å²) in [4.78, 5) is 31.1. The second-order valence-electron chi connectivity index (χ2n) is 8.03. The molecule has 3 aromatic rings. The zero-order chi connectivity index (χ0) is 24.3. The second kappa shape index (κ2) is 9.13. The van der Waals surface area contributed by atoms with Gasteiger partial charge in [-0.15, -0.1) is 0 Å². The van der Waals surface area contributed by atoms with Crippen LogP contribution in [0.1, 0.15) is 27.0 Å². The van der Waals surface area contributed by atoms with Crippen LogP contribution in [0.2, 0.25) is 0 Å². The number of rotatable bonds is 6. The molecule has 0 saturated carbocycles. The molecule has 3 aromatic carbocycles. The Hall–Kier alpha value is -3.94. The number of amides is 2. The zero-order valence-electron chi connectivity index (χ0n) is 18.3. The van der Waals surface area contributed by atoms with E-state index in [1.165, 1.54) is 12.1 Å². The Morgan fingerprint density at radius 1 is 0.971 bits per heavy atom. The van der Waals surface area contributed by atoms with Crippen molar-refractivity contribution < 1.29 is 22.8 Å². The van der Waals surface area contributed by atoms with Crippen molar-refractivity contribution in [2.24, 2.45) is 4.99 Å². The van der Waals surface area contributed by atoms with Crippen LogP contribution in [0.4, 0.5) is 13.2 Å². The van der Waals surface area contributed by atoms with Crippen LogP contribution in [0.5, 0.6) is 0 Å². The van der Waals surface area contributed by atoms with Crippen LogP contribution in [0, 0.1) is 6.92 Å². The molecule has 1 atom stereocenters. The summed E-state index contributed by atoms with van der Waals surface area (Å²) in [5.74, 6) is -2.50. The normalized spacial score (nSPS) is 18.1. The van der Waals surface area contributed by atoms with E-state index in [-0.39, 0.29) is 17.9 Å². The van der Waals surface area contributed by atoms with Gasteiger partial charge in [-0.25, -0.2) is 4.99 Å². The van der Waals surface area contributed by atoms with Crippen LogP contribution < -0.4 is 5.32 Å². The first-order valence-electron chi connectivity index (χ1n) is 10.7. The molecule has 2 amide bonds. The highest BCUT2D eigenvalue weighted by Gasteiger charge is 2.67. The van der Waals surface area contributed by atoms with Crippen molar-refractivity contribution in [3.8, 4) is 0 Å². The Bertz CT molecular complexity index is 1230. The van der Waals surface area contributed by atoms with Gasteiger partial charge in [-0.2, -0.15) is 13.2 Å². The zero-order valence-corrected chi connectivity index (χ0v) is 18.3. The fourth-order valence-electron chi connectivity index (χ4n) is 3.82. The third-order valence-corrected chi connectivity index (χ3v) is 5.57. The van der Waals surface area contributed by atoms with Crippen LogP contribution in [0.25, 0.3) is 0 Å². The minimum absolute atomic E-state index is 0.00983. The quantitative estimate of drug-likeness (QED) is 0.582. The topological polar surface area (TPSA) is 61.8 Å². The summed E-state index contributed by atoms with van der Waals surface area (Å²) in [5, 5.41) is 1.91. The first kappa shape index (κ1) is 23.2. The summed E-state index contributed by atoms with van der Waals surface area (Å²) >= 11 is 0. The molecule has 0 saturated heterocycles. The molecule has 0 radical (unpaired) electrons. The molecule has 4 rings (SSSR count). The van der Waals surface area contributed by atoms with Crippen molar-refractivity contribution in [1.29, 1.82) is 0 Å². The molecule has 8 heteroatoms. The highest BCUT2D eigenvalue weighted by molar-refractivity contribution is 6.16. The summed E-state index contributed by atoms with van der Waals surface area (Å²) in [7, 11) is 0. The summed E-state index contributed by atoms with van der Waals surface area (Å²) < 4.78 is 43.4. The smallest absolute Gasteiger partial charge is 0.312 e. The lowest BCUT2D eigenvalue weighted by molar-refractivity contribution is -0.196. The number of aliphatic imine (C=N–C) groups is 1. The maximum atomic E-state index is 14.5. The predicted octanol–water partition coefficient (Wildman–Crippen LogP) is 4.52. The number of alkyl halides is 3.